The average Bonchev–Trinajstić information content (AvgIpc) is 0.673. The maximum Gasteiger partial charge on any atom is 0.315 e. The van der Waals surface area contributed by atoms with Crippen LogP contribution in [0.5, 0.6) is 0 Å². The molecule has 12 rings (SSSR count). The van der Waals surface area contributed by atoms with Gasteiger partial charge in [-0.2, -0.15) is 0 Å². The van der Waals surface area contributed by atoms with Gasteiger partial charge in [-0.1, -0.05) is 53.2 Å². The van der Waals surface area contributed by atoms with Crippen molar-refractivity contribution in [3.8, 4) is 0 Å². The number of carbonyl (C=O) groups is 1. The van der Waals surface area contributed by atoms with Crippen molar-refractivity contribution >= 4 is 5.97 Å². The molecule has 0 spiro atoms. The lowest BCUT2D eigenvalue weighted by atomic mass is 9.33. The first-order chi connectivity index (χ1) is 48.8. The number of hydrogen-bond donors (Lipinski definition) is 20. The van der Waals surface area contributed by atoms with Gasteiger partial charge in [-0.05, 0) is 111 Å². The molecule has 0 bridgehead atoms. The number of rotatable bonds is 17. The molecule has 0 radical (unpaired) electrons. The molecule has 7 heterocycles. The minimum atomic E-state index is -2.07. The number of allylic oxidation sites excluding steroid dienone is 2. The van der Waals surface area contributed by atoms with Crippen LogP contribution in [0.15, 0.2) is 11.6 Å². The molecule has 35 heteroatoms. The second kappa shape index (κ2) is 30.8. The van der Waals surface area contributed by atoms with E-state index in [1.54, 1.807) is 6.92 Å². The first-order valence-corrected chi connectivity index (χ1v) is 36.6. The molecule has 0 aromatic rings. The van der Waals surface area contributed by atoms with Crippen LogP contribution in [-0.4, -0.2) is 357 Å². The molecule has 33 unspecified atom stereocenters. The van der Waals surface area contributed by atoms with Crippen molar-refractivity contribution in [3.63, 3.8) is 0 Å². The molecule has 7 aliphatic heterocycles. The van der Waals surface area contributed by atoms with Crippen molar-refractivity contribution < 1.29 is 173 Å². The van der Waals surface area contributed by atoms with Crippen LogP contribution in [0, 0.1) is 50.2 Å². The van der Waals surface area contributed by atoms with Gasteiger partial charge >= 0.3 is 5.97 Å². The number of carbonyl (C=O) groups excluding carboxylic acids is 1. The lowest BCUT2D eigenvalue weighted by Crippen LogP contribution is -2.70. The van der Waals surface area contributed by atoms with E-state index in [0.717, 1.165) is 5.57 Å². The third-order valence-electron chi connectivity index (χ3n) is 26.6. The Morgan fingerprint density at radius 3 is 1.60 bits per heavy atom. The Kier molecular flexibility index (Phi) is 24.1. The minimum absolute atomic E-state index is 0.140. The third kappa shape index (κ3) is 14.0. The summed E-state index contributed by atoms with van der Waals surface area (Å²) in [7, 11) is 0. The molecule has 7 saturated heterocycles. The van der Waals surface area contributed by atoms with Crippen molar-refractivity contribution in [2.75, 3.05) is 39.6 Å². The van der Waals surface area contributed by atoms with E-state index in [0.29, 0.717) is 51.4 Å². The van der Waals surface area contributed by atoms with Gasteiger partial charge in [-0.3, -0.25) is 4.79 Å². The highest BCUT2D eigenvalue weighted by Gasteiger charge is 2.72. The van der Waals surface area contributed by atoms with E-state index in [2.05, 4.69) is 40.7 Å². The fraction of sp³-hybridized carbons (Fsp3) is 0.957. The molecule has 20 N–H and O–H groups in total. The molecule has 12 aliphatic rings. The molecule has 598 valence electrons. The van der Waals surface area contributed by atoms with Crippen molar-refractivity contribution in [1.82, 2.24) is 0 Å². The van der Waals surface area contributed by atoms with Crippen LogP contribution < -0.4 is 0 Å². The second-order valence-corrected chi connectivity index (χ2v) is 33.3. The van der Waals surface area contributed by atoms with Gasteiger partial charge < -0.3 is 168 Å². The van der Waals surface area contributed by atoms with E-state index in [1.165, 1.54) is 13.8 Å². The molecule has 104 heavy (non-hydrogen) atoms. The molecule has 35 nitrogen and oxygen atoms in total. The van der Waals surface area contributed by atoms with Crippen molar-refractivity contribution in [2.45, 2.75) is 322 Å². The molecule has 0 aromatic carbocycles. The van der Waals surface area contributed by atoms with Crippen molar-refractivity contribution in [1.29, 1.82) is 0 Å². The van der Waals surface area contributed by atoms with Crippen molar-refractivity contribution in [2.24, 2.45) is 50.2 Å². The van der Waals surface area contributed by atoms with E-state index in [1.807, 2.05) is 0 Å². The summed E-state index contributed by atoms with van der Waals surface area (Å²) in [6, 6.07) is 0. The quantitative estimate of drug-likeness (QED) is 0.0366. The molecule has 5 aliphatic carbocycles. The average molecular weight is 1500 g/mol. The van der Waals surface area contributed by atoms with Gasteiger partial charge in [0.15, 0.2) is 43.8 Å². The summed E-state index contributed by atoms with van der Waals surface area (Å²) in [5.41, 5.74) is -3.43. The Morgan fingerprint density at radius 1 is 0.442 bits per heavy atom. The van der Waals surface area contributed by atoms with E-state index in [-0.39, 0.29) is 23.7 Å². The molecular weight excluding hydrogens is 1390 g/mol. The largest absolute Gasteiger partial charge is 0.432 e. The second-order valence-electron chi connectivity index (χ2n) is 33.3. The van der Waals surface area contributed by atoms with Crippen LogP contribution in [0.25, 0.3) is 0 Å². The highest BCUT2D eigenvalue weighted by molar-refractivity contribution is 5.79. The lowest BCUT2D eigenvalue weighted by molar-refractivity contribution is -0.392. The predicted octanol–water partition coefficient (Wildman–Crippen LogP) is -6.65. The number of ether oxygens (including phenoxy) is 14. The number of fused-ring (bicyclic) bond motifs is 7. The van der Waals surface area contributed by atoms with Gasteiger partial charge in [-0.15, -0.1) is 0 Å². The third-order valence-corrected chi connectivity index (χ3v) is 26.6. The van der Waals surface area contributed by atoms with Crippen LogP contribution in [0.4, 0.5) is 0 Å². The maximum atomic E-state index is 15.8. The summed E-state index contributed by atoms with van der Waals surface area (Å²) in [5, 5.41) is 221. The lowest BCUT2D eigenvalue weighted by Gasteiger charge is -2.72. The monoisotopic (exact) mass is 1500 g/mol. The summed E-state index contributed by atoms with van der Waals surface area (Å²) in [5.74, 6) is -1.57. The van der Waals surface area contributed by atoms with Gasteiger partial charge in [0.25, 0.3) is 0 Å². The first kappa shape index (κ1) is 81.4. The van der Waals surface area contributed by atoms with Gasteiger partial charge in [0.2, 0.25) is 6.29 Å². The Morgan fingerprint density at radius 2 is 0.942 bits per heavy atom. The number of esters is 1. The summed E-state index contributed by atoms with van der Waals surface area (Å²) < 4.78 is 84.1. The predicted molar refractivity (Wildman–Crippen MR) is 343 cm³/mol. The maximum absolute atomic E-state index is 15.8. The van der Waals surface area contributed by atoms with Crippen LogP contribution in [-0.2, 0) is 71.1 Å². The molecule has 0 amide bonds. The van der Waals surface area contributed by atoms with Gasteiger partial charge in [-0.25, -0.2) is 0 Å². The zero-order valence-corrected chi connectivity index (χ0v) is 59.6. The molecular formula is C69H112O35. The SMILES string of the molecule is CC1OC(OC2C(O)COC(OC3C(C)OC(OC4C(OC(=O)[C@]56CCC(C)(C)C[C@@H]5C5=CCC7[C@@]8(C)C[C@H](O)[C@H](OC9OC(CO)C(O)C(OC%10OC(CO)C(O)C(O)C%10O)C9O)[C@@](C)(CO)[C@@H]8CC[C@@]7(C)[C@]5(C)CC6)OCC(O)C4O)C(O)C3OC3OCC(O)C(O)C3O)C2O)C(O)C(O)C1O. The van der Waals surface area contributed by atoms with Gasteiger partial charge in [0.05, 0.1) is 69.5 Å². The fourth-order valence-corrected chi connectivity index (χ4v) is 20.2. The fourth-order valence-electron chi connectivity index (χ4n) is 20.2. The summed E-state index contributed by atoms with van der Waals surface area (Å²) in [6.07, 6.45) is -51.2. The number of aliphatic hydroxyl groups is 20. The molecule has 42 atom stereocenters. The van der Waals surface area contributed by atoms with Crippen LogP contribution in [0.3, 0.4) is 0 Å². The summed E-state index contributed by atoms with van der Waals surface area (Å²) >= 11 is 0. The highest BCUT2D eigenvalue weighted by Crippen LogP contribution is 2.76. The van der Waals surface area contributed by atoms with E-state index < -0.39 is 287 Å². The van der Waals surface area contributed by atoms with E-state index >= 15 is 4.79 Å². The summed E-state index contributed by atoms with van der Waals surface area (Å²) in [6.45, 7) is 11.8. The van der Waals surface area contributed by atoms with E-state index in [9.17, 15) is 102 Å². The molecule has 0 aromatic heterocycles. The standard InChI is InChI=1S/C69H112O35/c1-25-37(77)42(82)45(85)58(94-25)99-51-32(76)23-92-57(47(51)87)98-50-26(2)95-60(49(89)53(50)101-56-44(84)38(78)30(74)21-91-56)102-54-39(79)31(75)22-93-62(54)104-63(90)69-15-13-64(3,4)17-28(69)27-9-10-36-65(5)18-29(73)55(66(6,24-72)35(65)11-12-68(36,8)67(27,7)14-16-69)103-61-48(88)52(41(81)34(20-71)97-61)100-59-46(86)43(83)40(80)33(19-70)96-59/h9,25-26,28-62,70-89H,10-24H2,1-8H3/t25?,26?,28-,29+,30?,31?,32?,33?,34?,35-,36?,37?,38?,39?,40?,41?,42?,43?,44?,45?,46?,47?,48?,49?,50?,51?,52?,53?,54?,55+,56?,57?,58?,59?,60?,61?,62?,65+,66+,67-,68-,69+/m1/s1. The Bertz CT molecular complexity index is 2960. The number of hydrogen-bond acceptors (Lipinski definition) is 35. The van der Waals surface area contributed by atoms with Gasteiger partial charge in [0.1, 0.15) is 134 Å². The minimum Gasteiger partial charge on any atom is -0.432 e. The Hall–Kier alpha value is -2.11. The van der Waals surface area contributed by atoms with Crippen LogP contribution in [0.1, 0.15) is 113 Å². The normalized spacial score (nSPS) is 55.6. The zero-order valence-electron chi connectivity index (χ0n) is 59.6. The van der Waals surface area contributed by atoms with Crippen molar-refractivity contribution in [3.05, 3.63) is 11.6 Å². The molecule has 4 saturated carbocycles. The van der Waals surface area contributed by atoms with Gasteiger partial charge in [0, 0.05) is 5.41 Å². The molecule has 11 fully saturated rings. The Balaban J connectivity index is 0.770. The topological polar surface area (TPSA) is 551 Å². The Labute approximate surface area is 600 Å². The first-order valence-electron chi connectivity index (χ1n) is 36.6. The smallest absolute Gasteiger partial charge is 0.315 e. The van der Waals surface area contributed by atoms with Crippen LogP contribution >= 0.6 is 0 Å². The summed E-state index contributed by atoms with van der Waals surface area (Å²) in [4.78, 5) is 15.8. The van der Waals surface area contributed by atoms with Crippen LogP contribution in [0.2, 0.25) is 0 Å². The van der Waals surface area contributed by atoms with E-state index in [4.69, 9.17) is 66.3 Å². The number of aliphatic hydroxyl groups excluding tert-OH is 20. The highest BCUT2D eigenvalue weighted by atomic mass is 16.8. The zero-order chi connectivity index (χ0) is 75.7.